The molecule has 2 aromatic rings. The van der Waals surface area contributed by atoms with Crippen LogP contribution in [-0.2, 0) is 23.4 Å². The first kappa shape index (κ1) is 17.0. The fourth-order valence-electron chi connectivity index (χ4n) is 2.84. The van der Waals surface area contributed by atoms with E-state index in [1.54, 1.807) is 11.8 Å². The van der Waals surface area contributed by atoms with E-state index in [0.717, 1.165) is 30.6 Å². The zero-order chi connectivity index (χ0) is 17.1. The second-order valence-corrected chi connectivity index (χ2v) is 8.29. The van der Waals surface area contributed by atoms with Crippen molar-refractivity contribution >= 4 is 39.9 Å². The number of rotatable bonds is 6. The van der Waals surface area contributed by atoms with Crippen LogP contribution in [0.25, 0.3) is 0 Å². The van der Waals surface area contributed by atoms with Gasteiger partial charge in [0.15, 0.2) is 0 Å². The smallest absolute Gasteiger partial charge is 0.251 e. The standard InChI is InChI=1S/C18H20N2O2S2/c1-11(23-10-12-6-3-2-4-7-12)17(22)20-18-15(16(19)21)13-8-5-9-14(13)24-18/h2-4,6-7,11H,5,8-10H2,1H3,(H2,19,21)(H,20,22). The normalized spacial score (nSPS) is 14.2. The third-order valence-electron chi connectivity index (χ3n) is 4.12. The van der Waals surface area contributed by atoms with Crippen LogP contribution in [-0.4, -0.2) is 17.1 Å². The van der Waals surface area contributed by atoms with Crippen molar-refractivity contribution in [1.82, 2.24) is 0 Å². The van der Waals surface area contributed by atoms with Gasteiger partial charge in [-0.05, 0) is 37.3 Å². The van der Waals surface area contributed by atoms with E-state index in [9.17, 15) is 9.59 Å². The fraction of sp³-hybridized carbons (Fsp3) is 0.333. The largest absolute Gasteiger partial charge is 0.365 e. The van der Waals surface area contributed by atoms with Gasteiger partial charge in [0.1, 0.15) is 5.00 Å². The molecule has 24 heavy (non-hydrogen) atoms. The quantitative estimate of drug-likeness (QED) is 0.827. The maximum absolute atomic E-state index is 12.5. The summed E-state index contributed by atoms with van der Waals surface area (Å²) in [4.78, 5) is 25.4. The molecular weight excluding hydrogens is 340 g/mol. The molecule has 1 aliphatic carbocycles. The molecule has 3 N–H and O–H groups in total. The van der Waals surface area contributed by atoms with Crippen LogP contribution >= 0.6 is 23.1 Å². The van der Waals surface area contributed by atoms with Gasteiger partial charge in [-0.3, -0.25) is 9.59 Å². The third-order valence-corrected chi connectivity index (χ3v) is 6.54. The molecule has 4 nitrogen and oxygen atoms in total. The molecule has 0 saturated carbocycles. The zero-order valence-electron chi connectivity index (χ0n) is 13.5. The number of hydrogen-bond donors (Lipinski definition) is 2. The van der Waals surface area contributed by atoms with Crippen molar-refractivity contribution in [3.8, 4) is 0 Å². The van der Waals surface area contributed by atoms with Crippen LogP contribution in [0, 0.1) is 0 Å². The highest BCUT2D eigenvalue weighted by Crippen LogP contribution is 2.39. The van der Waals surface area contributed by atoms with Gasteiger partial charge in [0.2, 0.25) is 5.91 Å². The minimum Gasteiger partial charge on any atom is -0.365 e. The molecule has 1 heterocycles. The first-order valence-electron chi connectivity index (χ1n) is 7.97. The third kappa shape index (κ3) is 3.65. The molecule has 0 spiro atoms. The first-order chi connectivity index (χ1) is 11.6. The molecule has 0 aliphatic heterocycles. The SMILES string of the molecule is CC(SCc1ccccc1)C(=O)Nc1sc2c(c1C(N)=O)CCC2. The van der Waals surface area contributed by atoms with E-state index in [-0.39, 0.29) is 11.2 Å². The molecule has 0 saturated heterocycles. The summed E-state index contributed by atoms with van der Waals surface area (Å²) in [5, 5.41) is 3.32. The lowest BCUT2D eigenvalue weighted by molar-refractivity contribution is -0.115. The van der Waals surface area contributed by atoms with Crippen molar-refractivity contribution in [2.24, 2.45) is 5.73 Å². The average molecular weight is 361 g/mol. The van der Waals surface area contributed by atoms with Crippen LogP contribution in [0.4, 0.5) is 5.00 Å². The molecule has 0 radical (unpaired) electrons. The number of aryl methyl sites for hydroxylation is 1. The Kier molecular flexibility index (Phi) is 5.26. The predicted molar refractivity (Wildman–Crippen MR) is 101 cm³/mol. The molecule has 0 fully saturated rings. The Hall–Kier alpha value is -1.79. The monoisotopic (exact) mass is 360 g/mol. The highest BCUT2D eigenvalue weighted by atomic mass is 32.2. The van der Waals surface area contributed by atoms with Crippen LogP contribution < -0.4 is 11.1 Å². The van der Waals surface area contributed by atoms with Crippen LogP contribution in [0.2, 0.25) is 0 Å². The number of amides is 2. The van der Waals surface area contributed by atoms with Crippen molar-refractivity contribution in [1.29, 1.82) is 0 Å². The average Bonchev–Trinajstić information content (AvgIpc) is 3.13. The number of carbonyl (C=O) groups excluding carboxylic acids is 2. The van der Waals surface area contributed by atoms with Gasteiger partial charge in [-0.2, -0.15) is 0 Å². The predicted octanol–water partition coefficient (Wildman–Crippen LogP) is 3.60. The molecule has 3 rings (SSSR count). The lowest BCUT2D eigenvalue weighted by atomic mass is 10.1. The van der Waals surface area contributed by atoms with E-state index in [1.807, 2.05) is 37.3 Å². The molecule has 1 unspecified atom stereocenters. The van der Waals surface area contributed by atoms with E-state index in [1.165, 1.54) is 21.8 Å². The van der Waals surface area contributed by atoms with Gasteiger partial charge < -0.3 is 11.1 Å². The van der Waals surface area contributed by atoms with Gasteiger partial charge in [0.05, 0.1) is 10.8 Å². The van der Waals surface area contributed by atoms with Crippen LogP contribution in [0.15, 0.2) is 30.3 Å². The Morgan fingerprint density at radius 1 is 1.29 bits per heavy atom. The van der Waals surface area contributed by atoms with Crippen LogP contribution in [0.5, 0.6) is 0 Å². The highest BCUT2D eigenvalue weighted by molar-refractivity contribution is 7.99. The van der Waals surface area contributed by atoms with Gasteiger partial charge >= 0.3 is 0 Å². The number of thioether (sulfide) groups is 1. The molecule has 1 atom stereocenters. The van der Waals surface area contributed by atoms with Crippen LogP contribution in [0.1, 0.15) is 39.7 Å². The number of fused-ring (bicyclic) bond motifs is 1. The maximum Gasteiger partial charge on any atom is 0.251 e. The van der Waals surface area contributed by atoms with E-state index >= 15 is 0 Å². The number of anilines is 1. The van der Waals surface area contributed by atoms with E-state index < -0.39 is 5.91 Å². The topological polar surface area (TPSA) is 72.2 Å². The molecule has 1 aromatic carbocycles. The summed E-state index contributed by atoms with van der Waals surface area (Å²) in [5.74, 6) is 0.242. The molecule has 1 aliphatic rings. The summed E-state index contributed by atoms with van der Waals surface area (Å²) in [7, 11) is 0. The van der Waals surface area contributed by atoms with E-state index in [0.29, 0.717) is 10.6 Å². The van der Waals surface area contributed by atoms with Gasteiger partial charge in [0, 0.05) is 10.6 Å². The highest BCUT2D eigenvalue weighted by Gasteiger charge is 2.27. The fourth-order valence-corrected chi connectivity index (χ4v) is 4.98. The van der Waals surface area contributed by atoms with Gasteiger partial charge in [-0.25, -0.2) is 0 Å². The lowest BCUT2D eigenvalue weighted by Crippen LogP contribution is -2.24. The minimum absolute atomic E-state index is 0.0849. The second-order valence-electron chi connectivity index (χ2n) is 5.85. The maximum atomic E-state index is 12.5. The summed E-state index contributed by atoms with van der Waals surface area (Å²) in [6, 6.07) is 10.1. The van der Waals surface area contributed by atoms with Crippen LogP contribution in [0.3, 0.4) is 0 Å². The molecule has 126 valence electrons. The summed E-state index contributed by atoms with van der Waals surface area (Å²) in [6.45, 7) is 1.88. The summed E-state index contributed by atoms with van der Waals surface area (Å²) >= 11 is 3.07. The van der Waals surface area contributed by atoms with Crippen molar-refractivity contribution < 1.29 is 9.59 Å². The van der Waals surface area contributed by atoms with E-state index in [2.05, 4.69) is 5.32 Å². The summed E-state index contributed by atoms with van der Waals surface area (Å²) in [6.07, 6.45) is 2.89. The zero-order valence-corrected chi connectivity index (χ0v) is 15.1. The Labute approximate surface area is 149 Å². The molecule has 0 bridgehead atoms. The Balaban J connectivity index is 1.65. The number of hydrogen-bond acceptors (Lipinski definition) is 4. The van der Waals surface area contributed by atoms with Gasteiger partial charge in [-0.1, -0.05) is 30.3 Å². The van der Waals surface area contributed by atoms with Crippen molar-refractivity contribution in [3.05, 3.63) is 51.9 Å². The van der Waals surface area contributed by atoms with Crippen molar-refractivity contribution in [2.45, 2.75) is 37.2 Å². The molecule has 1 aromatic heterocycles. The summed E-state index contributed by atoms with van der Waals surface area (Å²) in [5.41, 5.74) is 8.27. The lowest BCUT2D eigenvalue weighted by Gasteiger charge is -2.12. The molecule has 2 amide bonds. The number of carbonyl (C=O) groups is 2. The number of primary amides is 1. The second kappa shape index (κ2) is 7.40. The van der Waals surface area contributed by atoms with Crippen molar-refractivity contribution in [3.63, 3.8) is 0 Å². The molecular formula is C18H20N2O2S2. The Bertz CT molecular complexity index is 756. The first-order valence-corrected chi connectivity index (χ1v) is 9.83. The number of benzene rings is 1. The van der Waals surface area contributed by atoms with Gasteiger partial charge in [-0.15, -0.1) is 23.1 Å². The number of nitrogens with two attached hydrogens (primary N) is 1. The number of nitrogens with one attached hydrogen (secondary N) is 1. The Morgan fingerprint density at radius 3 is 2.75 bits per heavy atom. The van der Waals surface area contributed by atoms with Gasteiger partial charge in [0.25, 0.3) is 5.91 Å². The minimum atomic E-state index is -0.450. The Morgan fingerprint density at radius 2 is 2.04 bits per heavy atom. The van der Waals surface area contributed by atoms with E-state index in [4.69, 9.17) is 5.73 Å². The van der Waals surface area contributed by atoms with Crippen molar-refractivity contribution in [2.75, 3.05) is 5.32 Å². The molecule has 6 heteroatoms. The number of thiophene rings is 1. The summed E-state index contributed by atoms with van der Waals surface area (Å²) < 4.78 is 0.